The van der Waals surface area contributed by atoms with Gasteiger partial charge in [-0.2, -0.15) is 0 Å². The van der Waals surface area contributed by atoms with Crippen LogP contribution in [0.3, 0.4) is 0 Å². The first-order valence-corrected chi connectivity index (χ1v) is 10.7. The van der Waals surface area contributed by atoms with Crippen molar-refractivity contribution in [2.24, 2.45) is 4.99 Å². The van der Waals surface area contributed by atoms with Crippen molar-refractivity contribution in [3.05, 3.63) is 0 Å². The van der Waals surface area contributed by atoms with Crippen LogP contribution < -0.4 is 16.0 Å². The zero-order valence-corrected chi connectivity index (χ0v) is 21.5. The van der Waals surface area contributed by atoms with Crippen molar-refractivity contribution < 1.29 is 9.53 Å². The van der Waals surface area contributed by atoms with Gasteiger partial charge >= 0.3 is 6.09 Å². The second-order valence-electron chi connectivity index (χ2n) is 8.25. The summed E-state index contributed by atoms with van der Waals surface area (Å²) in [5, 5.41) is 9.40. The number of carbonyl (C=O) groups is 1. The lowest BCUT2D eigenvalue weighted by Gasteiger charge is -2.37. The molecular formula is C20H43IN6O2. The first-order valence-electron chi connectivity index (χ1n) is 10.7. The highest BCUT2D eigenvalue weighted by Gasteiger charge is 2.20. The molecule has 0 aliphatic carbocycles. The van der Waals surface area contributed by atoms with Gasteiger partial charge in [0, 0.05) is 51.9 Å². The molecule has 1 heterocycles. The minimum Gasteiger partial charge on any atom is -0.444 e. The molecule has 1 saturated heterocycles. The lowest BCUT2D eigenvalue weighted by Crippen LogP contribution is -2.50. The molecule has 1 fully saturated rings. The Labute approximate surface area is 194 Å². The molecule has 8 nitrogen and oxygen atoms in total. The van der Waals surface area contributed by atoms with E-state index in [0.29, 0.717) is 12.6 Å². The zero-order chi connectivity index (χ0) is 21.0. The third-order valence-corrected chi connectivity index (χ3v) is 4.65. The topological polar surface area (TPSA) is 81.2 Å². The lowest BCUT2D eigenvalue weighted by atomic mass is 10.2. The Balaban J connectivity index is 0.00000784. The number of aliphatic imine (C=N–C) groups is 1. The van der Waals surface area contributed by atoms with Gasteiger partial charge in [-0.15, -0.1) is 24.0 Å². The molecule has 0 saturated carbocycles. The van der Waals surface area contributed by atoms with Crippen LogP contribution in [0.1, 0.15) is 48.0 Å². The van der Waals surface area contributed by atoms with Crippen molar-refractivity contribution in [3.63, 3.8) is 0 Å². The number of halogens is 1. The van der Waals surface area contributed by atoms with E-state index in [9.17, 15) is 4.79 Å². The number of nitrogens with one attached hydrogen (secondary N) is 3. The number of likely N-dealkylation sites (N-methyl/N-ethyl adjacent to an activating group) is 1. The zero-order valence-electron chi connectivity index (χ0n) is 19.2. The molecule has 0 aromatic rings. The molecule has 1 amide bonds. The van der Waals surface area contributed by atoms with Crippen LogP contribution in [-0.2, 0) is 4.74 Å². The number of carbonyl (C=O) groups excluding carboxylic acids is 1. The van der Waals surface area contributed by atoms with Crippen LogP contribution in [0.4, 0.5) is 4.79 Å². The monoisotopic (exact) mass is 526 g/mol. The second-order valence-corrected chi connectivity index (χ2v) is 8.25. The maximum Gasteiger partial charge on any atom is 0.407 e. The van der Waals surface area contributed by atoms with E-state index in [-0.39, 0.29) is 30.1 Å². The summed E-state index contributed by atoms with van der Waals surface area (Å²) in [6.07, 6.45) is 0.433. The van der Waals surface area contributed by atoms with Crippen LogP contribution in [-0.4, -0.2) is 92.4 Å². The second kappa shape index (κ2) is 15.1. The smallest absolute Gasteiger partial charge is 0.407 e. The normalized spacial score (nSPS) is 17.2. The van der Waals surface area contributed by atoms with Crippen molar-refractivity contribution in [2.45, 2.75) is 59.6 Å². The Morgan fingerprint density at radius 2 is 1.69 bits per heavy atom. The number of amides is 1. The quantitative estimate of drug-likeness (QED) is 0.185. The lowest BCUT2D eigenvalue weighted by molar-refractivity contribution is 0.0527. The van der Waals surface area contributed by atoms with E-state index in [4.69, 9.17) is 9.73 Å². The fourth-order valence-electron chi connectivity index (χ4n) is 3.00. The van der Waals surface area contributed by atoms with Gasteiger partial charge in [0.25, 0.3) is 0 Å². The SMILES string of the molecule is CCNC(=NCC(C)N1CCN(CC)CC1)NCCCNC(=O)OC(C)(C)C.I. The Morgan fingerprint density at radius 3 is 2.24 bits per heavy atom. The molecule has 9 heteroatoms. The number of piperazine rings is 1. The summed E-state index contributed by atoms with van der Waals surface area (Å²) in [5.74, 6) is 0.832. The fourth-order valence-corrected chi connectivity index (χ4v) is 3.00. The first-order chi connectivity index (χ1) is 13.2. The van der Waals surface area contributed by atoms with Gasteiger partial charge in [-0.25, -0.2) is 4.79 Å². The average Bonchev–Trinajstić information content (AvgIpc) is 2.64. The van der Waals surface area contributed by atoms with Crippen LogP contribution in [0.2, 0.25) is 0 Å². The summed E-state index contributed by atoms with van der Waals surface area (Å²) in [5.41, 5.74) is -0.465. The fraction of sp³-hybridized carbons (Fsp3) is 0.900. The molecule has 0 radical (unpaired) electrons. The van der Waals surface area contributed by atoms with E-state index in [1.54, 1.807) is 0 Å². The highest BCUT2D eigenvalue weighted by molar-refractivity contribution is 14.0. The molecule has 1 aliphatic heterocycles. The Hall–Kier alpha value is -0.810. The van der Waals surface area contributed by atoms with Crippen molar-refractivity contribution in [1.29, 1.82) is 0 Å². The maximum absolute atomic E-state index is 11.6. The maximum atomic E-state index is 11.6. The van der Waals surface area contributed by atoms with Gasteiger partial charge in [0.1, 0.15) is 5.60 Å². The summed E-state index contributed by atoms with van der Waals surface area (Å²) >= 11 is 0. The van der Waals surface area contributed by atoms with Crippen LogP contribution in [0.5, 0.6) is 0 Å². The van der Waals surface area contributed by atoms with Gasteiger partial charge in [0.15, 0.2) is 5.96 Å². The van der Waals surface area contributed by atoms with Crippen LogP contribution >= 0.6 is 24.0 Å². The minimum absolute atomic E-state index is 0. The molecule has 0 spiro atoms. The number of hydrogen-bond acceptors (Lipinski definition) is 5. The Kier molecular flexibility index (Phi) is 14.6. The molecular weight excluding hydrogens is 483 g/mol. The third-order valence-electron chi connectivity index (χ3n) is 4.65. The van der Waals surface area contributed by atoms with Crippen molar-refractivity contribution in [1.82, 2.24) is 25.8 Å². The van der Waals surface area contributed by atoms with Gasteiger partial charge in [0.05, 0.1) is 6.54 Å². The molecule has 29 heavy (non-hydrogen) atoms. The van der Waals surface area contributed by atoms with Gasteiger partial charge in [-0.3, -0.25) is 9.89 Å². The molecule has 0 bridgehead atoms. The van der Waals surface area contributed by atoms with E-state index in [1.165, 1.54) is 0 Å². The highest BCUT2D eigenvalue weighted by Crippen LogP contribution is 2.07. The third kappa shape index (κ3) is 13.2. The van der Waals surface area contributed by atoms with Gasteiger partial charge in [0.2, 0.25) is 0 Å². The number of hydrogen-bond donors (Lipinski definition) is 3. The largest absolute Gasteiger partial charge is 0.444 e. The highest BCUT2D eigenvalue weighted by atomic mass is 127. The predicted octanol–water partition coefficient (Wildman–Crippen LogP) is 2.10. The molecule has 172 valence electrons. The summed E-state index contributed by atoms with van der Waals surface area (Å²) in [7, 11) is 0. The molecule has 1 unspecified atom stereocenters. The average molecular weight is 527 g/mol. The number of rotatable bonds is 9. The summed E-state index contributed by atoms with van der Waals surface area (Å²) in [6, 6.07) is 0.434. The molecule has 1 aliphatic rings. The Bertz CT molecular complexity index is 476. The molecule has 3 N–H and O–H groups in total. The van der Waals surface area contributed by atoms with Crippen LogP contribution in [0, 0.1) is 0 Å². The van der Waals surface area contributed by atoms with Crippen molar-refractivity contribution in [3.8, 4) is 0 Å². The number of guanidine groups is 1. The Morgan fingerprint density at radius 1 is 1.07 bits per heavy atom. The van der Waals surface area contributed by atoms with Gasteiger partial charge in [-0.1, -0.05) is 6.92 Å². The summed E-state index contributed by atoms with van der Waals surface area (Å²) in [6.45, 7) is 20.7. The minimum atomic E-state index is -0.465. The predicted molar refractivity (Wildman–Crippen MR) is 131 cm³/mol. The van der Waals surface area contributed by atoms with Crippen molar-refractivity contribution in [2.75, 3.05) is 58.9 Å². The van der Waals surface area contributed by atoms with E-state index < -0.39 is 5.60 Å². The van der Waals surface area contributed by atoms with Gasteiger partial charge in [-0.05, 0) is 47.6 Å². The molecule has 0 aromatic carbocycles. The summed E-state index contributed by atoms with van der Waals surface area (Å²) < 4.78 is 5.23. The molecule has 0 aromatic heterocycles. The van der Waals surface area contributed by atoms with Crippen molar-refractivity contribution >= 4 is 36.0 Å². The number of nitrogens with zero attached hydrogens (tertiary/aromatic N) is 3. The van der Waals surface area contributed by atoms with Crippen LogP contribution in [0.15, 0.2) is 4.99 Å². The summed E-state index contributed by atoms with van der Waals surface area (Å²) in [4.78, 5) is 21.4. The standard InChI is InChI=1S/C20H42N6O2.HI/c1-7-21-18(22-10-9-11-23-19(27)28-20(4,5)6)24-16-17(3)26-14-12-25(8-2)13-15-26;/h17H,7-16H2,1-6H3,(H,23,27)(H2,21,22,24);1H. The molecule has 1 rings (SSSR count). The van der Waals surface area contributed by atoms with Gasteiger partial charge < -0.3 is 25.6 Å². The number of alkyl carbamates (subject to hydrolysis) is 1. The van der Waals surface area contributed by atoms with Crippen LogP contribution in [0.25, 0.3) is 0 Å². The van der Waals surface area contributed by atoms with E-state index in [1.807, 2.05) is 20.8 Å². The number of ether oxygens (including phenoxy) is 1. The van der Waals surface area contributed by atoms with E-state index in [2.05, 4.69) is 46.5 Å². The first kappa shape index (κ1) is 28.2. The molecule has 1 atom stereocenters. The van der Waals surface area contributed by atoms with E-state index in [0.717, 1.165) is 64.7 Å². The van der Waals surface area contributed by atoms with E-state index >= 15 is 0 Å².